The molecule has 0 bridgehead atoms. The number of aromatic nitrogens is 1. The van der Waals surface area contributed by atoms with E-state index in [-0.39, 0.29) is 11.9 Å². The second kappa shape index (κ2) is 8.33. The maximum atomic E-state index is 13.7. The fourth-order valence-corrected chi connectivity index (χ4v) is 4.10. The van der Waals surface area contributed by atoms with Gasteiger partial charge in [-0.3, -0.25) is 0 Å². The molecule has 1 aliphatic heterocycles. The molecule has 0 aliphatic carbocycles. The van der Waals surface area contributed by atoms with Gasteiger partial charge in [0.15, 0.2) is 0 Å². The Morgan fingerprint density at radius 3 is 2.82 bits per heavy atom. The molecule has 2 N–H and O–H groups in total. The van der Waals surface area contributed by atoms with Crippen molar-refractivity contribution in [2.75, 3.05) is 32.8 Å². The maximum Gasteiger partial charge on any atom is 0.123 e. The summed E-state index contributed by atoms with van der Waals surface area (Å²) in [5, 5.41) is 4.59. The molecule has 4 nitrogen and oxygen atoms in total. The van der Waals surface area contributed by atoms with Crippen molar-refractivity contribution in [1.29, 1.82) is 0 Å². The molecule has 1 aromatic heterocycles. The molecule has 0 amide bonds. The van der Waals surface area contributed by atoms with E-state index in [4.69, 9.17) is 4.74 Å². The van der Waals surface area contributed by atoms with E-state index in [0.717, 1.165) is 60.5 Å². The van der Waals surface area contributed by atoms with E-state index in [1.807, 2.05) is 18.2 Å². The Bertz CT molecular complexity index is 948. The van der Waals surface area contributed by atoms with Crippen molar-refractivity contribution in [3.8, 4) is 5.75 Å². The number of hydrogen-bond acceptors (Lipinski definition) is 3. The van der Waals surface area contributed by atoms with Crippen LogP contribution < -0.4 is 10.1 Å². The fraction of sp³-hybridized carbons (Fsp3) is 0.391. The van der Waals surface area contributed by atoms with Crippen molar-refractivity contribution >= 4 is 10.9 Å². The molecule has 0 fully saturated rings. The lowest BCUT2D eigenvalue weighted by Gasteiger charge is -2.25. The molecule has 28 heavy (non-hydrogen) atoms. The van der Waals surface area contributed by atoms with Crippen LogP contribution in [0.3, 0.4) is 0 Å². The number of H-pyrrole nitrogens is 1. The standard InChI is InChI=1S/C23H28FN3O/c1-3-27(4-2)12-13-28-18-7-5-6-16(14-18)22-23-19(10-11-25-22)20-15-17(24)8-9-21(20)26-23/h5-9,14-15,22,25-26H,3-4,10-13H2,1-2H3. The van der Waals surface area contributed by atoms with Crippen molar-refractivity contribution in [3.05, 3.63) is 65.1 Å². The Balaban J connectivity index is 1.56. The SMILES string of the molecule is CCN(CC)CCOc1cccc(C2NCCc3c2[nH]c2ccc(F)cc32)c1. The Morgan fingerprint density at radius 2 is 2.00 bits per heavy atom. The van der Waals surface area contributed by atoms with Gasteiger partial charge in [0.1, 0.15) is 18.2 Å². The zero-order valence-corrected chi connectivity index (χ0v) is 16.6. The third kappa shape index (κ3) is 3.77. The third-order valence-corrected chi connectivity index (χ3v) is 5.68. The third-order valence-electron chi connectivity index (χ3n) is 5.68. The summed E-state index contributed by atoms with van der Waals surface area (Å²) < 4.78 is 19.7. The first-order valence-corrected chi connectivity index (χ1v) is 10.2. The molecule has 148 valence electrons. The second-order valence-electron chi connectivity index (χ2n) is 7.29. The summed E-state index contributed by atoms with van der Waals surface area (Å²) >= 11 is 0. The summed E-state index contributed by atoms with van der Waals surface area (Å²) in [7, 11) is 0. The van der Waals surface area contributed by atoms with Crippen molar-refractivity contribution in [2.24, 2.45) is 0 Å². The van der Waals surface area contributed by atoms with Gasteiger partial charge in [-0.1, -0.05) is 26.0 Å². The first-order valence-electron chi connectivity index (χ1n) is 10.2. The van der Waals surface area contributed by atoms with Crippen molar-refractivity contribution in [1.82, 2.24) is 15.2 Å². The van der Waals surface area contributed by atoms with Gasteiger partial charge in [-0.15, -0.1) is 0 Å². The number of nitrogens with one attached hydrogen (secondary N) is 2. The lowest BCUT2D eigenvalue weighted by Crippen LogP contribution is -2.30. The van der Waals surface area contributed by atoms with E-state index in [1.165, 1.54) is 11.6 Å². The molecular formula is C23H28FN3O. The molecule has 1 unspecified atom stereocenters. The highest BCUT2D eigenvalue weighted by Gasteiger charge is 2.25. The molecule has 0 spiro atoms. The van der Waals surface area contributed by atoms with Crippen LogP contribution >= 0.6 is 0 Å². The minimum absolute atomic E-state index is 0.0607. The lowest BCUT2D eigenvalue weighted by molar-refractivity contribution is 0.222. The molecule has 1 aliphatic rings. The van der Waals surface area contributed by atoms with Crippen molar-refractivity contribution in [2.45, 2.75) is 26.3 Å². The lowest BCUT2D eigenvalue weighted by atomic mass is 9.94. The van der Waals surface area contributed by atoms with Gasteiger partial charge in [0, 0.05) is 29.7 Å². The summed E-state index contributed by atoms with van der Waals surface area (Å²) in [5.74, 6) is 0.703. The number of likely N-dealkylation sites (N-methyl/N-ethyl adjacent to an activating group) is 1. The van der Waals surface area contributed by atoms with E-state index in [0.29, 0.717) is 6.61 Å². The number of hydrogen-bond donors (Lipinski definition) is 2. The first kappa shape index (κ1) is 19.0. The first-order chi connectivity index (χ1) is 13.7. The van der Waals surface area contributed by atoms with Crippen LogP contribution in [0.5, 0.6) is 5.75 Å². The average molecular weight is 381 g/mol. The summed E-state index contributed by atoms with van der Waals surface area (Å²) in [6.45, 7) is 8.89. The number of aromatic amines is 1. The Kier molecular flexibility index (Phi) is 5.64. The minimum atomic E-state index is -0.187. The topological polar surface area (TPSA) is 40.3 Å². The van der Waals surface area contributed by atoms with Crippen LogP contribution in [0.1, 0.15) is 36.7 Å². The smallest absolute Gasteiger partial charge is 0.123 e. The van der Waals surface area contributed by atoms with Crippen LogP contribution in [0.25, 0.3) is 10.9 Å². The molecule has 1 atom stereocenters. The van der Waals surface area contributed by atoms with Gasteiger partial charge < -0.3 is 19.9 Å². The van der Waals surface area contributed by atoms with E-state index in [9.17, 15) is 4.39 Å². The van der Waals surface area contributed by atoms with Gasteiger partial charge in [0.2, 0.25) is 0 Å². The number of rotatable bonds is 7. The number of ether oxygens (including phenoxy) is 1. The van der Waals surface area contributed by atoms with Gasteiger partial charge in [-0.2, -0.15) is 0 Å². The van der Waals surface area contributed by atoms with E-state index >= 15 is 0 Å². The molecule has 0 saturated carbocycles. The van der Waals surface area contributed by atoms with E-state index in [2.05, 4.69) is 41.2 Å². The van der Waals surface area contributed by atoms with Crippen LogP contribution in [0, 0.1) is 5.82 Å². The number of benzene rings is 2. The highest BCUT2D eigenvalue weighted by Crippen LogP contribution is 2.34. The van der Waals surface area contributed by atoms with Crippen LogP contribution in [0.4, 0.5) is 4.39 Å². The molecular weight excluding hydrogens is 353 g/mol. The van der Waals surface area contributed by atoms with Gasteiger partial charge >= 0.3 is 0 Å². The molecule has 2 aromatic carbocycles. The van der Waals surface area contributed by atoms with Crippen LogP contribution in [0.15, 0.2) is 42.5 Å². The fourth-order valence-electron chi connectivity index (χ4n) is 4.10. The Hall–Kier alpha value is -2.37. The molecule has 4 rings (SSSR count). The van der Waals surface area contributed by atoms with Crippen molar-refractivity contribution in [3.63, 3.8) is 0 Å². The zero-order chi connectivity index (χ0) is 19.5. The van der Waals surface area contributed by atoms with Gasteiger partial charge in [-0.05, 0) is 61.0 Å². The van der Waals surface area contributed by atoms with Gasteiger partial charge in [-0.25, -0.2) is 4.39 Å². The average Bonchev–Trinajstić information content (AvgIpc) is 3.09. The van der Waals surface area contributed by atoms with E-state index in [1.54, 1.807) is 6.07 Å². The highest BCUT2D eigenvalue weighted by atomic mass is 19.1. The van der Waals surface area contributed by atoms with Gasteiger partial charge in [0.25, 0.3) is 0 Å². The Labute approximate surface area is 165 Å². The zero-order valence-electron chi connectivity index (χ0n) is 16.6. The minimum Gasteiger partial charge on any atom is -0.492 e. The number of nitrogens with zero attached hydrogens (tertiary/aromatic N) is 1. The molecule has 0 radical (unpaired) electrons. The predicted molar refractivity (Wildman–Crippen MR) is 112 cm³/mol. The summed E-state index contributed by atoms with van der Waals surface area (Å²) in [4.78, 5) is 5.86. The normalized spacial score (nSPS) is 16.5. The quantitative estimate of drug-likeness (QED) is 0.642. The number of halogens is 1. The molecule has 3 aromatic rings. The largest absolute Gasteiger partial charge is 0.492 e. The molecule has 2 heterocycles. The summed E-state index contributed by atoms with van der Waals surface area (Å²) in [5.41, 5.74) is 4.50. The molecule has 5 heteroatoms. The van der Waals surface area contributed by atoms with E-state index < -0.39 is 0 Å². The summed E-state index contributed by atoms with van der Waals surface area (Å²) in [6.07, 6.45) is 0.898. The highest BCUT2D eigenvalue weighted by molar-refractivity contribution is 5.85. The number of fused-ring (bicyclic) bond motifs is 3. The predicted octanol–water partition coefficient (Wildman–Crippen LogP) is 4.26. The van der Waals surface area contributed by atoms with Crippen LogP contribution in [0.2, 0.25) is 0 Å². The second-order valence-corrected chi connectivity index (χ2v) is 7.29. The van der Waals surface area contributed by atoms with Crippen LogP contribution in [-0.4, -0.2) is 42.7 Å². The maximum absolute atomic E-state index is 13.7. The Morgan fingerprint density at radius 1 is 1.14 bits per heavy atom. The monoisotopic (exact) mass is 381 g/mol. The summed E-state index contributed by atoms with van der Waals surface area (Å²) in [6, 6.07) is 13.3. The van der Waals surface area contributed by atoms with Crippen molar-refractivity contribution < 1.29 is 9.13 Å². The van der Waals surface area contributed by atoms with Crippen LogP contribution in [-0.2, 0) is 6.42 Å². The van der Waals surface area contributed by atoms with Gasteiger partial charge in [0.05, 0.1) is 6.04 Å². The molecule has 0 saturated heterocycles.